The standard InChI is InChI=1S/C16H17BrClN/c1-11-7-13(9-14(18)8-11)16(19-2)10-12-5-3-4-6-15(12)17/h3-9,16,19H,10H2,1-2H3. The highest BCUT2D eigenvalue weighted by Gasteiger charge is 2.12. The lowest BCUT2D eigenvalue weighted by molar-refractivity contribution is 0.590. The number of aryl methyl sites for hydroxylation is 1. The Labute approximate surface area is 128 Å². The van der Waals surface area contributed by atoms with E-state index in [0.717, 1.165) is 15.9 Å². The second kappa shape index (κ2) is 6.56. The van der Waals surface area contributed by atoms with Gasteiger partial charge in [-0.05, 0) is 55.3 Å². The monoisotopic (exact) mass is 337 g/mol. The molecule has 1 atom stereocenters. The van der Waals surface area contributed by atoms with Crippen LogP contribution in [0.1, 0.15) is 22.7 Å². The Kier molecular flexibility index (Phi) is 5.03. The van der Waals surface area contributed by atoms with Crippen molar-refractivity contribution < 1.29 is 0 Å². The number of rotatable bonds is 4. The van der Waals surface area contributed by atoms with Crippen LogP contribution in [0.2, 0.25) is 5.02 Å². The predicted octanol–water partition coefficient (Wildman–Crippen LogP) is 4.91. The molecular weight excluding hydrogens is 322 g/mol. The van der Waals surface area contributed by atoms with Crippen LogP contribution in [0, 0.1) is 6.92 Å². The van der Waals surface area contributed by atoms with Gasteiger partial charge >= 0.3 is 0 Å². The average Bonchev–Trinajstić information content (AvgIpc) is 2.36. The molecule has 0 saturated heterocycles. The van der Waals surface area contributed by atoms with Crippen molar-refractivity contribution in [2.24, 2.45) is 0 Å². The van der Waals surface area contributed by atoms with E-state index in [1.807, 2.05) is 25.2 Å². The summed E-state index contributed by atoms with van der Waals surface area (Å²) in [4.78, 5) is 0. The lowest BCUT2D eigenvalue weighted by atomic mass is 9.98. The fourth-order valence-corrected chi connectivity index (χ4v) is 2.98. The Hall–Kier alpha value is -0.830. The average molecular weight is 339 g/mol. The van der Waals surface area contributed by atoms with E-state index in [4.69, 9.17) is 11.6 Å². The SMILES string of the molecule is CNC(Cc1ccccc1Br)c1cc(C)cc(Cl)c1. The van der Waals surface area contributed by atoms with Crippen molar-refractivity contribution in [3.63, 3.8) is 0 Å². The van der Waals surface area contributed by atoms with Gasteiger partial charge in [0.05, 0.1) is 0 Å². The molecule has 1 nitrogen and oxygen atoms in total. The Morgan fingerprint density at radius 1 is 1.21 bits per heavy atom. The summed E-state index contributed by atoms with van der Waals surface area (Å²) in [6, 6.07) is 14.8. The maximum absolute atomic E-state index is 6.15. The summed E-state index contributed by atoms with van der Waals surface area (Å²) in [6.45, 7) is 2.07. The van der Waals surface area contributed by atoms with Crippen LogP contribution in [0.15, 0.2) is 46.9 Å². The normalized spacial score (nSPS) is 12.4. The summed E-state index contributed by atoms with van der Waals surface area (Å²) >= 11 is 9.75. The summed E-state index contributed by atoms with van der Waals surface area (Å²) < 4.78 is 1.15. The molecule has 2 aromatic rings. The Bertz CT molecular complexity index is 548. The van der Waals surface area contributed by atoms with Gasteiger partial charge in [-0.2, -0.15) is 0 Å². The smallest absolute Gasteiger partial charge is 0.0411 e. The largest absolute Gasteiger partial charge is 0.313 e. The fourth-order valence-electron chi connectivity index (χ4n) is 2.24. The highest BCUT2D eigenvalue weighted by atomic mass is 79.9. The van der Waals surface area contributed by atoms with Gasteiger partial charge in [0.15, 0.2) is 0 Å². The van der Waals surface area contributed by atoms with Crippen molar-refractivity contribution in [3.8, 4) is 0 Å². The molecule has 0 amide bonds. The number of halogens is 2. The zero-order valence-corrected chi connectivity index (χ0v) is 13.4. The van der Waals surface area contributed by atoms with E-state index >= 15 is 0 Å². The number of nitrogens with one attached hydrogen (secondary N) is 1. The van der Waals surface area contributed by atoms with Gasteiger partial charge in [-0.3, -0.25) is 0 Å². The third kappa shape index (κ3) is 3.82. The van der Waals surface area contributed by atoms with Gasteiger partial charge in [0.1, 0.15) is 0 Å². The quantitative estimate of drug-likeness (QED) is 0.835. The zero-order valence-electron chi connectivity index (χ0n) is 11.1. The van der Waals surface area contributed by atoms with Gasteiger partial charge < -0.3 is 5.32 Å². The molecule has 100 valence electrons. The Morgan fingerprint density at radius 3 is 2.58 bits per heavy atom. The molecule has 0 aromatic heterocycles. The van der Waals surface area contributed by atoms with Gasteiger partial charge in [0.2, 0.25) is 0 Å². The number of benzene rings is 2. The molecule has 0 fully saturated rings. The Balaban J connectivity index is 2.28. The molecule has 1 unspecified atom stereocenters. The van der Waals surface area contributed by atoms with Gasteiger partial charge in [-0.15, -0.1) is 0 Å². The van der Waals surface area contributed by atoms with Gasteiger partial charge in [-0.1, -0.05) is 51.8 Å². The molecule has 0 radical (unpaired) electrons. The van der Waals surface area contributed by atoms with Crippen LogP contribution in [-0.4, -0.2) is 7.05 Å². The van der Waals surface area contributed by atoms with E-state index in [2.05, 4.69) is 52.4 Å². The van der Waals surface area contributed by atoms with Crippen molar-refractivity contribution in [2.75, 3.05) is 7.05 Å². The molecule has 0 aliphatic heterocycles. The third-order valence-corrected chi connectivity index (χ3v) is 4.19. The first-order valence-electron chi connectivity index (χ1n) is 6.28. The topological polar surface area (TPSA) is 12.0 Å². The van der Waals surface area contributed by atoms with Crippen LogP contribution >= 0.6 is 27.5 Å². The highest BCUT2D eigenvalue weighted by molar-refractivity contribution is 9.10. The summed E-state index contributed by atoms with van der Waals surface area (Å²) in [7, 11) is 1.98. The van der Waals surface area contributed by atoms with E-state index < -0.39 is 0 Å². The van der Waals surface area contributed by atoms with Crippen molar-refractivity contribution in [1.82, 2.24) is 5.32 Å². The molecule has 2 aromatic carbocycles. The molecule has 0 heterocycles. The molecule has 1 N–H and O–H groups in total. The Morgan fingerprint density at radius 2 is 1.95 bits per heavy atom. The molecule has 0 bridgehead atoms. The molecule has 0 aliphatic rings. The minimum absolute atomic E-state index is 0.260. The van der Waals surface area contributed by atoms with Crippen LogP contribution in [0.4, 0.5) is 0 Å². The van der Waals surface area contributed by atoms with Crippen LogP contribution < -0.4 is 5.32 Å². The minimum atomic E-state index is 0.260. The van der Waals surface area contributed by atoms with E-state index in [1.165, 1.54) is 16.7 Å². The van der Waals surface area contributed by atoms with Crippen LogP contribution in [-0.2, 0) is 6.42 Å². The van der Waals surface area contributed by atoms with Crippen molar-refractivity contribution in [3.05, 3.63) is 68.7 Å². The minimum Gasteiger partial charge on any atom is -0.313 e. The first-order valence-corrected chi connectivity index (χ1v) is 7.45. The molecule has 19 heavy (non-hydrogen) atoms. The lowest BCUT2D eigenvalue weighted by Crippen LogP contribution is -2.19. The van der Waals surface area contributed by atoms with Crippen LogP contribution in [0.3, 0.4) is 0 Å². The number of likely N-dealkylation sites (N-methyl/N-ethyl adjacent to an activating group) is 1. The summed E-state index contributed by atoms with van der Waals surface area (Å²) in [6.07, 6.45) is 0.928. The first-order chi connectivity index (χ1) is 9.10. The summed E-state index contributed by atoms with van der Waals surface area (Å²) in [5.41, 5.74) is 3.71. The lowest BCUT2D eigenvalue weighted by Gasteiger charge is -2.18. The first kappa shape index (κ1) is 14.6. The van der Waals surface area contributed by atoms with Crippen LogP contribution in [0.5, 0.6) is 0 Å². The highest BCUT2D eigenvalue weighted by Crippen LogP contribution is 2.26. The van der Waals surface area contributed by atoms with Crippen molar-refractivity contribution in [1.29, 1.82) is 0 Å². The second-order valence-corrected chi connectivity index (χ2v) is 5.99. The van der Waals surface area contributed by atoms with Crippen LogP contribution in [0.25, 0.3) is 0 Å². The molecule has 0 saturated carbocycles. The van der Waals surface area contributed by atoms with Gasteiger partial charge in [-0.25, -0.2) is 0 Å². The maximum Gasteiger partial charge on any atom is 0.0411 e. The molecule has 0 aliphatic carbocycles. The molecule has 2 rings (SSSR count). The van der Waals surface area contributed by atoms with E-state index in [9.17, 15) is 0 Å². The number of hydrogen-bond donors (Lipinski definition) is 1. The van der Waals surface area contributed by atoms with E-state index in [1.54, 1.807) is 0 Å². The maximum atomic E-state index is 6.15. The zero-order chi connectivity index (χ0) is 13.8. The van der Waals surface area contributed by atoms with Crippen molar-refractivity contribution in [2.45, 2.75) is 19.4 Å². The van der Waals surface area contributed by atoms with Gasteiger partial charge in [0, 0.05) is 15.5 Å². The third-order valence-electron chi connectivity index (χ3n) is 3.20. The summed E-state index contributed by atoms with van der Waals surface area (Å²) in [5, 5.41) is 4.16. The fraction of sp³-hybridized carbons (Fsp3) is 0.250. The summed E-state index contributed by atoms with van der Waals surface area (Å²) in [5.74, 6) is 0. The van der Waals surface area contributed by atoms with Crippen molar-refractivity contribution >= 4 is 27.5 Å². The van der Waals surface area contributed by atoms with Gasteiger partial charge in [0.25, 0.3) is 0 Å². The molecular formula is C16H17BrClN. The van der Waals surface area contributed by atoms with E-state index in [0.29, 0.717) is 0 Å². The molecule has 3 heteroatoms. The second-order valence-electron chi connectivity index (χ2n) is 4.70. The van der Waals surface area contributed by atoms with E-state index in [-0.39, 0.29) is 6.04 Å². The predicted molar refractivity (Wildman–Crippen MR) is 85.8 cm³/mol. The molecule has 0 spiro atoms. The number of hydrogen-bond acceptors (Lipinski definition) is 1.